The first kappa shape index (κ1) is 15.1. The molecule has 1 saturated heterocycles. The summed E-state index contributed by atoms with van der Waals surface area (Å²) in [4.78, 5) is 11.7. The van der Waals surface area contributed by atoms with Gasteiger partial charge in [-0.2, -0.15) is 0 Å². The zero-order valence-corrected chi connectivity index (χ0v) is 12.8. The molecule has 2 unspecified atom stereocenters. The zero-order chi connectivity index (χ0) is 14.7. The van der Waals surface area contributed by atoms with E-state index >= 15 is 0 Å². The highest BCUT2D eigenvalue weighted by molar-refractivity contribution is 6.34. The van der Waals surface area contributed by atoms with Crippen LogP contribution in [0, 0.1) is 0 Å². The molecule has 2 atom stereocenters. The smallest absolute Gasteiger partial charge is 0.252 e. The second kappa shape index (κ2) is 6.46. The van der Waals surface area contributed by atoms with Crippen molar-refractivity contribution in [3.63, 3.8) is 0 Å². The second-order valence-corrected chi connectivity index (χ2v) is 5.75. The maximum Gasteiger partial charge on any atom is 0.252 e. The molecule has 4 nitrogen and oxygen atoms in total. The molecule has 1 aromatic rings. The minimum absolute atomic E-state index is 0.174. The minimum Gasteiger partial charge on any atom is -0.382 e. The average molecular weight is 297 g/mol. The van der Waals surface area contributed by atoms with Crippen LogP contribution in [0.15, 0.2) is 18.2 Å². The van der Waals surface area contributed by atoms with Gasteiger partial charge in [0.05, 0.1) is 22.8 Å². The topological polar surface area (TPSA) is 50.4 Å². The van der Waals surface area contributed by atoms with Gasteiger partial charge in [0.15, 0.2) is 0 Å². The summed E-state index contributed by atoms with van der Waals surface area (Å²) in [7, 11) is 1.60. The first-order valence-corrected chi connectivity index (χ1v) is 7.31. The van der Waals surface area contributed by atoms with Gasteiger partial charge < -0.3 is 15.4 Å². The number of nitrogens with one attached hydrogen (secondary N) is 2. The molecule has 110 valence electrons. The van der Waals surface area contributed by atoms with E-state index < -0.39 is 0 Å². The highest BCUT2D eigenvalue weighted by Gasteiger charge is 2.24. The van der Waals surface area contributed by atoms with E-state index in [9.17, 15) is 4.79 Å². The average Bonchev–Trinajstić information content (AvgIpc) is 2.39. The molecule has 1 heterocycles. The molecule has 1 amide bonds. The summed E-state index contributed by atoms with van der Waals surface area (Å²) in [5.74, 6) is -0.174. The van der Waals surface area contributed by atoms with Crippen molar-refractivity contribution < 1.29 is 9.53 Å². The molecule has 1 aliphatic heterocycles. The Labute approximate surface area is 124 Å². The van der Waals surface area contributed by atoms with Gasteiger partial charge in [-0.15, -0.1) is 0 Å². The number of carbonyl (C=O) groups excluding carboxylic acids is 1. The van der Waals surface area contributed by atoms with Crippen molar-refractivity contribution in [3.05, 3.63) is 28.8 Å². The normalized spacial score (nSPS) is 26.1. The van der Waals surface area contributed by atoms with Crippen LogP contribution in [-0.4, -0.2) is 31.2 Å². The van der Waals surface area contributed by atoms with E-state index in [0.29, 0.717) is 16.6 Å². The molecule has 0 spiro atoms. The van der Waals surface area contributed by atoms with Crippen molar-refractivity contribution in [1.29, 1.82) is 0 Å². The molecule has 0 bridgehead atoms. The van der Waals surface area contributed by atoms with Crippen LogP contribution in [0.3, 0.4) is 0 Å². The standard InChI is InChI=1S/C15H21ClN2O2/c1-9-6-12(7-10(2)20-9)18-11-4-5-14(16)13(8-11)15(19)17-3/h4-5,8-10,12,18H,6-7H2,1-3H3,(H,17,19). The Bertz CT molecular complexity index is 483. The summed E-state index contributed by atoms with van der Waals surface area (Å²) >= 11 is 6.05. The van der Waals surface area contributed by atoms with Crippen molar-refractivity contribution in [2.24, 2.45) is 0 Å². The summed E-state index contributed by atoms with van der Waals surface area (Å²) < 4.78 is 5.73. The maximum atomic E-state index is 11.7. The van der Waals surface area contributed by atoms with Gasteiger partial charge in [-0.1, -0.05) is 11.6 Å². The first-order chi connectivity index (χ1) is 9.49. The van der Waals surface area contributed by atoms with Gasteiger partial charge >= 0.3 is 0 Å². The fourth-order valence-corrected chi connectivity index (χ4v) is 2.89. The number of rotatable bonds is 3. The maximum absolute atomic E-state index is 11.7. The van der Waals surface area contributed by atoms with E-state index in [4.69, 9.17) is 16.3 Å². The van der Waals surface area contributed by atoms with E-state index in [2.05, 4.69) is 24.5 Å². The van der Waals surface area contributed by atoms with Crippen LogP contribution in [0.25, 0.3) is 0 Å². The number of carbonyl (C=O) groups is 1. The second-order valence-electron chi connectivity index (χ2n) is 5.34. The Morgan fingerprint density at radius 2 is 1.95 bits per heavy atom. The molecule has 0 aromatic heterocycles. The van der Waals surface area contributed by atoms with Crippen molar-refractivity contribution >= 4 is 23.2 Å². The number of halogens is 1. The molecular weight excluding hydrogens is 276 g/mol. The fraction of sp³-hybridized carbons (Fsp3) is 0.533. The molecule has 1 fully saturated rings. The molecule has 1 aliphatic rings. The Hall–Kier alpha value is -1.26. The van der Waals surface area contributed by atoms with E-state index in [1.165, 1.54) is 0 Å². The fourth-order valence-electron chi connectivity index (χ4n) is 2.68. The third-order valence-electron chi connectivity index (χ3n) is 3.51. The highest BCUT2D eigenvalue weighted by Crippen LogP contribution is 2.25. The van der Waals surface area contributed by atoms with Crippen LogP contribution >= 0.6 is 11.6 Å². The van der Waals surface area contributed by atoms with Crippen molar-refractivity contribution in [2.75, 3.05) is 12.4 Å². The van der Waals surface area contributed by atoms with Gasteiger partial charge in [0.25, 0.3) is 5.91 Å². The lowest BCUT2D eigenvalue weighted by Crippen LogP contribution is -2.36. The van der Waals surface area contributed by atoms with Gasteiger partial charge in [-0.25, -0.2) is 0 Å². The molecular formula is C15H21ClN2O2. The summed E-state index contributed by atoms with van der Waals surface area (Å²) in [6, 6.07) is 5.80. The predicted octanol–water partition coefficient (Wildman–Crippen LogP) is 3.07. The number of hydrogen-bond acceptors (Lipinski definition) is 3. The third kappa shape index (κ3) is 3.64. The number of hydrogen-bond donors (Lipinski definition) is 2. The Morgan fingerprint density at radius 3 is 2.55 bits per heavy atom. The first-order valence-electron chi connectivity index (χ1n) is 6.93. The van der Waals surface area contributed by atoms with Gasteiger partial charge in [-0.3, -0.25) is 4.79 Å². The molecule has 2 rings (SSSR count). The quantitative estimate of drug-likeness (QED) is 0.901. The van der Waals surface area contributed by atoms with Gasteiger partial charge in [0.1, 0.15) is 0 Å². The third-order valence-corrected chi connectivity index (χ3v) is 3.84. The van der Waals surface area contributed by atoms with Crippen LogP contribution in [0.2, 0.25) is 5.02 Å². The molecule has 5 heteroatoms. The van der Waals surface area contributed by atoms with E-state index in [0.717, 1.165) is 18.5 Å². The van der Waals surface area contributed by atoms with Crippen LogP contribution in [0.4, 0.5) is 5.69 Å². The molecule has 1 aromatic carbocycles. The lowest BCUT2D eigenvalue weighted by atomic mass is 9.99. The molecule has 0 aliphatic carbocycles. The molecule has 0 saturated carbocycles. The lowest BCUT2D eigenvalue weighted by molar-refractivity contribution is -0.0337. The van der Waals surface area contributed by atoms with Crippen LogP contribution < -0.4 is 10.6 Å². The number of benzene rings is 1. The molecule has 20 heavy (non-hydrogen) atoms. The molecule has 0 radical (unpaired) electrons. The van der Waals surface area contributed by atoms with Gasteiger partial charge in [0.2, 0.25) is 0 Å². The number of amides is 1. The van der Waals surface area contributed by atoms with Gasteiger partial charge in [0, 0.05) is 18.8 Å². The number of anilines is 1. The lowest BCUT2D eigenvalue weighted by Gasteiger charge is -2.33. The summed E-state index contributed by atoms with van der Waals surface area (Å²) in [5, 5.41) is 6.53. The summed E-state index contributed by atoms with van der Waals surface area (Å²) in [6.45, 7) is 4.17. The van der Waals surface area contributed by atoms with Crippen molar-refractivity contribution in [3.8, 4) is 0 Å². The van der Waals surface area contributed by atoms with E-state index in [-0.39, 0.29) is 18.1 Å². The predicted molar refractivity (Wildman–Crippen MR) is 81.5 cm³/mol. The van der Waals surface area contributed by atoms with Crippen LogP contribution in [0.1, 0.15) is 37.0 Å². The zero-order valence-electron chi connectivity index (χ0n) is 12.1. The van der Waals surface area contributed by atoms with Gasteiger partial charge in [-0.05, 0) is 44.9 Å². The minimum atomic E-state index is -0.174. The number of ether oxygens (including phenoxy) is 1. The SMILES string of the molecule is CNC(=O)c1cc(NC2CC(C)OC(C)C2)ccc1Cl. The van der Waals surface area contributed by atoms with E-state index in [1.54, 1.807) is 19.2 Å². The monoisotopic (exact) mass is 296 g/mol. The van der Waals surface area contributed by atoms with Crippen LogP contribution in [-0.2, 0) is 4.74 Å². The summed E-state index contributed by atoms with van der Waals surface area (Å²) in [5.41, 5.74) is 1.41. The Morgan fingerprint density at radius 1 is 1.30 bits per heavy atom. The van der Waals surface area contributed by atoms with Crippen LogP contribution in [0.5, 0.6) is 0 Å². The van der Waals surface area contributed by atoms with Crippen molar-refractivity contribution in [2.45, 2.75) is 44.9 Å². The highest BCUT2D eigenvalue weighted by atomic mass is 35.5. The Balaban J connectivity index is 2.11. The van der Waals surface area contributed by atoms with Crippen molar-refractivity contribution in [1.82, 2.24) is 5.32 Å². The van der Waals surface area contributed by atoms with E-state index in [1.807, 2.05) is 6.07 Å². The summed E-state index contributed by atoms with van der Waals surface area (Å²) in [6.07, 6.45) is 2.42. The molecule has 2 N–H and O–H groups in total. The Kier molecular flexibility index (Phi) is 4.89. The largest absolute Gasteiger partial charge is 0.382 e.